The van der Waals surface area contributed by atoms with Gasteiger partial charge in [-0.05, 0) is 39.8 Å². The van der Waals surface area contributed by atoms with Gasteiger partial charge in [-0.25, -0.2) is 0 Å². The molecule has 16 heavy (non-hydrogen) atoms. The van der Waals surface area contributed by atoms with Crippen molar-refractivity contribution in [3.05, 3.63) is 24.5 Å². The number of nitrogens with zero attached hydrogens (tertiary/aromatic N) is 2. The minimum atomic E-state index is 0.427. The van der Waals surface area contributed by atoms with E-state index in [9.17, 15) is 0 Å². The van der Waals surface area contributed by atoms with Crippen LogP contribution < -0.4 is 0 Å². The predicted octanol–water partition coefficient (Wildman–Crippen LogP) is 3.58. The van der Waals surface area contributed by atoms with Crippen LogP contribution in [0.1, 0.15) is 27.7 Å². The molecule has 0 bridgehead atoms. The Labute approximate surface area is 107 Å². The number of hydrogen-bond acceptors (Lipinski definition) is 3. The van der Waals surface area contributed by atoms with Crippen molar-refractivity contribution in [2.75, 3.05) is 0 Å². The quantitative estimate of drug-likeness (QED) is 0.605. The van der Waals surface area contributed by atoms with Gasteiger partial charge in [-0.1, -0.05) is 24.0 Å². The van der Waals surface area contributed by atoms with Crippen LogP contribution in [-0.4, -0.2) is 26.3 Å². The van der Waals surface area contributed by atoms with Gasteiger partial charge in [-0.15, -0.1) is 0 Å². The van der Waals surface area contributed by atoms with E-state index >= 15 is 0 Å². The first-order valence-electron chi connectivity index (χ1n) is 5.42. The summed E-state index contributed by atoms with van der Waals surface area (Å²) >= 11 is 7.07. The minimum Gasteiger partial charge on any atom is -0.352 e. The summed E-state index contributed by atoms with van der Waals surface area (Å²) in [4.78, 5) is 7.43. The predicted molar refractivity (Wildman–Crippen MR) is 74.8 cm³/mol. The first-order valence-corrected chi connectivity index (χ1v) is 6.65. The molecule has 1 heterocycles. The monoisotopic (exact) mass is 254 g/mol. The largest absolute Gasteiger partial charge is 0.352 e. The van der Waals surface area contributed by atoms with Crippen molar-refractivity contribution < 1.29 is 0 Å². The molecule has 2 nitrogen and oxygen atoms in total. The van der Waals surface area contributed by atoms with Crippen molar-refractivity contribution in [3.8, 4) is 0 Å². The fourth-order valence-electron chi connectivity index (χ4n) is 1.58. The van der Waals surface area contributed by atoms with Crippen LogP contribution in [0.5, 0.6) is 0 Å². The Bertz CT molecular complexity index is 328. The van der Waals surface area contributed by atoms with Gasteiger partial charge in [0.15, 0.2) is 0 Å². The Morgan fingerprint density at radius 3 is 2.38 bits per heavy atom. The van der Waals surface area contributed by atoms with Crippen LogP contribution in [-0.2, 0) is 0 Å². The molecule has 0 aliphatic carbocycles. The average molecular weight is 254 g/mol. The fourth-order valence-corrected chi connectivity index (χ4v) is 3.28. The number of rotatable bonds is 3. The summed E-state index contributed by atoms with van der Waals surface area (Å²) in [5.41, 5.74) is 0. The molecule has 0 fully saturated rings. The van der Waals surface area contributed by atoms with Gasteiger partial charge in [-0.3, -0.25) is 4.98 Å². The summed E-state index contributed by atoms with van der Waals surface area (Å²) in [6, 6.07) is 4.82. The number of aromatic nitrogens is 1. The zero-order chi connectivity index (χ0) is 12.1. The van der Waals surface area contributed by atoms with E-state index in [1.807, 2.05) is 18.3 Å². The van der Waals surface area contributed by atoms with Crippen LogP contribution in [0.15, 0.2) is 29.4 Å². The number of thioether (sulfide) groups is 1. The number of pyridine rings is 1. The molecule has 0 spiro atoms. The fraction of sp³-hybridized carbons (Fsp3) is 0.500. The van der Waals surface area contributed by atoms with Crippen molar-refractivity contribution in [1.29, 1.82) is 0 Å². The molecule has 0 amide bonds. The Morgan fingerprint density at radius 1 is 1.31 bits per heavy atom. The second-order valence-corrected chi connectivity index (χ2v) is 5.86. The Morgan fingerprint density at radius 2 is 1.94 bits per heavy atom. The average Bonchev–Trinajstić information content (AvgIpc) is 2.17. The molecular weight excluding hydrogens is 236 g/mol. The van der Waals surface area contributed by atoms with E-state index in [1.54, 1.807) is 18.0 Å². The second-order valence-electron chi connectivity index (χ2n) is 4.15. The molecule has 0 N–H and O–H groups in total. The molecule has 0 saturated carbocycles. The third-order valence-corrected chi connectivity index (χ3v) is 3.49. The molecule has 4 heteroatoms. The minimum absolute atomic E-state index is 0.427. The third-order valence-electron chi connectivity index (χ3n) is 2.16. The maximum Gasteiger partial charge on any atom is 0.141 e. The molecule has 0 saturated heterocycles. The number of hydrogen-bond donors (Lipinski definition) is 0. The van der Waals surface area contributed by atoms with Gasteiger partial charge in [-0.2, -0.15) is 0 Å². The molecule has 0 unspecified atom stereocenters. The molecule has 0 aromatic carbocycles. The highest BCUT2D eigenvalue weighted by atomic mass is 32.2. The molecular formula is C12H18N2S2. The molecule has 1 aromatic heterocycles. The van der Waals surface area contributed by atoms with Gasteiger partial charge in [0.05, 0.1) is 0 Å². The van der Waals surface area contributed by atoms with Crippen molar-refractivity contribution in [3.63, 3.8) is 0 Å². The number of thiocarbonyl (C=S) groups is 1. The first-order chi connectivity index (χ1) is 7.52. The van der Waals surface area contributed by atoms with Gasteiger partial charge in [0.2, 0.25) is 0 Å². The topological polar surface area (TPSA) is 16.1 Å². The van der Waals surface area contributed by atoms with Crippen molar-refractivity contribution in [2.24, 2.45) is 0 Å². The van der Waals surface area contributed by atoms with Crippen LogP contribution >= 0.6 is 24.0 Å². The lowest BCUT2D eigenvalue weighted by Gasteiger charge is -2.32. The van der Waals surface area contributed by atoms with E-state index in [1.165, 1.54) is 0 Å². The van der Waals surface area contributed by atoms with Crippen molar-refractivity contribution >= 4 is 28.3 Å². The highest BCUT2D eigenvalue weighted by molar-refractivity contribution is 8.22. The van der Waals surface area contributed by atoms with Gasteiger partial charge < -0.3 is 4.90 Å². The van der Waals surface area contributed by atoms with Gasteiger partial charge in [0.1, 0.15) is 4.32 Å². The van der Waals surface area contributed by atoms with Gasteiger partial charge >= 0.3 is 0 Å². The second kappa shape index (κ2) is 6.21. The molecule has 0 radical (unpaired) electrons. The molecule has 0 aliphatic rings. The standard InChI is InChI=1S/C12H18N2S2/c1-9(2)14(10(3)4)12(15)16-11-6-5-7-13-8-11/h5-10H,1-4H3. The van der Waals surface area contributed by atoms with E-state index in [-0.39, 0.29) is 0 Å². The lowest BCUT2D eigenvalue weighted by molar-refractivity contribution is 0.303. The maximum absolute atomic E-state index is 5.47. The maximum atomic E-state index is 5.47. The third kappa shape index (κ3) is 3.76. The van der Waals surface area contributed by atoms with Crippen LogP contribution in [0.4, 0.5) is 0 Å². The molecule has 1 rings (SSSR count). The highest BCUT2D eigenvalue weighted by Gasteiger charge is 2.17. The van der Waals surface area contributed by atoms with Crippen molar-refractivity contribution in [1.82, 2.24) is 9.88 Å². The zero-order valence-electron chi connectivity index (χ0n) is 10.2. The van der Waals surface area contributed by atoms with Crippen LogP contribution in [0.2, 0.25) is 0 Å². The SMILES string of the molecule is CC(C)N(C(=S)Sc1cccnc1)C(C)C. The van der Waals surface area contributed by atoms with Gasteiger partial charge in [0.25, 0.3) is 0 Å². The Balaban J connectivity index is 2.70. The summed E-state index contributed by atoms with van der Waals surface area (Å²) in [5, 5.41) is 0. The zero-order valence-corrected chi connectivity index (χ0v) is 11.8. The lowest BCUT2D eigenvalue weighted by Crippen LogP contribution is -2.39. The molecule has 0 atom stereocenters. The van der Waals surface area contributed by atoms with E-state index in [0.29, 0.717) is 12.1 Å². The van der Waals surface area contributed by atoms with E-state index in [0.717, 1.165) is 9.22 Å². The summed E-state index contributed by atoms with van der Waals surface area (Å²) in [5.74, 6) is 0. The summed E-state index contributed by atoms with van der Waals surface area (Å²) in [6.07, 6.45) is 3.62. The summed E-state index contributed by atoms with van der Waals surface area (Å²) in [6.45, 7) is 8.65. The van der Waals surface area contributed by atoms with Crippen LogP contribution in [0, 0.1) is 0 Å². The van der Waals surface area contributed by atoms with Crippen molar-refractivity contribution in [2.45, 2.75) is 44.7 Å². The van der Waals surface area contributed by atoms with Crippen LogP contribution in [0.25, 0.3) is 0 Å². The molecule has 1 aromatic rings. The van der Waals surface area contributed by atoms with Crippen LogP contribution in [0.3, 0.4) is 0 Å². The van der Waals surface area contributed by atoms with E-state index < -0.39 is 0 Å². The van der Waals surface area contributed by atoms with E-state index in [2.05, 4.69) is 37.6 Å². The normalized spacial score (nSPS) is 10.9. The Kier molecular flexibility index (Phi) is 5.22. The summed E-state index contributed by atoms with van der Waals surface area (Å²) in [7, 11) is 0. The Hall–Kier alpha value is -0.610. The first kappa shape index (κ1) is 13.5. The molecule has 88 valence electrons. The lowest BCUT2D eigenvalue weighted by atomic mass is 10.2. The van der Waals surface area contributed by atoms with Gasteiger partial charge in [0, 0.05) is 29.4 Å². The molecule has 0 aliphatic heterocycles. The van der Waals surface area contributed by atoms with E-state index in [4.69, 9.17) is 12.2 Å². The smallest absolute Gasteiger partial charge is 0.141 e. The highest BCUT2D eigenvalue weighted by Crippen LogP contribution is 2.23. The summed E-state index contributed by atoms with van der Waals surface area (Å²) < 4.78 is 0.915.